The molecule has 0 saturated heterocycles. The molecule has 2 aromatic heterocycles. The van der Waals surface area contributed by atoms with Crippen LogP contribution in [0.4, 0.5) is 34.1 Å². The third kappa shape index (κ3) is 6.19. The summed E-state index contributed by atoms with van der Waals surface area (Å²) in [5, 5.41) is 7.77. The number of allylic oxidation sites excluding steroid dienone is 4. The minimum atomic E-state index is 1.000. The number of anilines is 6. The number of benzene rings is 9. The van der Waals surface area contributed by atoms with Crippen LogP contribution in [0.3, 0.4) is 0 Å². The van der Waals surface area contributed by atoms with Gasteiger partial charge in [0.1, 0.15) is 0 Å². The molecule has 3 nitrogen and oxygen atoms in total. The summed E-state index contributed by atoms with van der Waals surface area (Å²) in [5.41, 5.74) is 12.7. The van der Waals surface area contributed by atoms with Gasteiger partial charge in [-0.2, -0.15) is 0 Å². The van der Waals surface area contributed by atoms with Crippen LogP contribution in [0.5, 0.6) is 0 Å². The van der Waals surface area contributed by atoms with Gasteiger partial charge >= 0.3 is 0 Å². The van der Waals surface area contributed by atoms with Crippen molar-refractivity contribution in [2.75, 3.05) is 9.80 Å². The lowest BCUT2D eigenvalue weighted by atomic mass is 9.99. The fourth-order valence-electron chi connectivity index (χ4n) is 9.51. The van der Waals surface area contributed by atoms with Gasteiger partial charge in [-0.05, 0) is 132 Å². The van der Waals surface area contributed by atoms with Gasteiger partial charge in [0.05, 0.1) is 11.0 Å². The number of fused-ring (bicyclic) bond motifs is 8. The summed E-state index contributed by atoms with van der Waals surface area (Å²) >= 11 is 1.90. The van der Waals surface area contributed by atoms with Gasteiger partial charge in [0, 0.05) is 76.2 Å². The van der Waals surface area contributed by atoms with Gasteiger partial charge < -0.3 is 14.4 Å². The van der Waals surface area contributed by atoms with Gasteiger partial charge in [-0.1, -0.05) is 121 Å². The lowest BCUT2D eigenvalue weighted by Crippen LogP contribution is -2.13. The van der Waals surface area contributed by atoms with Crippen LogP contribution in [0.1, 0.15) is 12.8 Å². The topological polar surface area (TPSA) is 11.4 Å². The maximum atomic E-state index is 2.52. The Hall–Kier alpha value is -7.66. The second-order valence-electron chi connectivity index (χ2n) is 16.1. The van der Waals surface area contributed by atoms with Crippen LogP contribution in [-0.4, -0.2) is 4.57 Å². The van der Waals surface area contributed by atoms with E-state index in [1.165, 1.54) is 64.0 Å². The number of thiophene rings is 1. The van der Waals surface area contributed by atoms with E-state index in [9.17, 15) is 0 Å². The molecule has 0 bridgehead atoms. The molecule has 12 rings (SSSR count). The van der Waals surface area contributed by atoms with Gasteiger partial charge in [-0.15, -0.1) is 11.3 Å². The average Bonchev–Trinajstić information content (AvgIpc) is 3.88. The summed E-state index contributed by atoms with van der Waals surface area (Å²) in [5.74, 6) is 0. The van der Waals surface area contributed by atoms with Crippen LogP contribution in [0.2, 0.25) is 0 Å². The highest BCUT2D eigenvalue weighted by molar-refractivity contribution is 7.26. The summed E-state index contributed by atoms with van der Waals surface area (Å²) in [6, 6.07) is 75.4. The van der Waals surface area contributed by atoms with Crippen LogP contribution in [-0.2, 0) is 0 Å². The molecular formula is C58H41N3S. The van der Waals surface area contributed by atoms with E-state index >= 15 is 0 Å². The fraction of sp³-hybridized carbons (Fsp3) is 0.0345. The Morgan fingerprint density at radius 3 is 1.58 bits per heavy atom. The number of nitrogens with zero attached hydrogens (tertiary/aromatic N) is 3. The van der Waals surface area contributed by atoms with Crippen molar-refractivity contribution < 1.29 is 0 Å². The predicted molar refractivity (Wildman–Crippen MR) is 267 cm³/mol. The smallest absolute Gasteiger partial charge is 0.0544 e. The van der Waals surface area contributed by atoms with Gasteiger partial charge in [0.25, 0.3) is 0 Å². The molecule has 0 saturated carbocycles. The molecule has 0 unspecified atom stereocenters. The Morgan fingerprint density at radius 2 is 0.984 bits per heavy atom. The molecule has 1 aliphatic carbocycles. The maximum Gasteiger partial charge on any atom is 0.0544 e. The summed E-state index contributed by atoms with van der Waals surface area (Å²) in [7, 11) is 0. The second-order valence-corrected chi connectivity index (χ2v) is 17.1. The highest BCUT2D eigenvalue weighted by atomic mass is 32.1. The molecule has 0 amide bonds. The molecule has 1 aliphatic rings. The molecule has 4 heteroatoms. The summed E-state index contributed by atoms with van der Waals surface area (Å²) in [6.07, 6.45) is 8.83. The monoisotopic (exact) mass is 811 g/mol. The highest BCUT2D eigenvalue weighted by Crippen LogP contribution is 2.46. The van der Waals surface area contributed by atoms with Crippen molar-refractivity contribution in [2.24, 2.45) is 0 Å². The van der Waals surface area contributed by atoms with Gasteiger partial charge in [0.15, 0.2) is 0 Å². The highest BCUT2D eigenvalue weighted by Gasteiger charge is 2.22. The Bertz CT molecular complexity index is 3330. The van der Waals surface area contributed by atoms with Crippen molar-refractivity contribution in [2.45, 2.75) is 12.8 Å². The quantitative estimate of drug-likeness (QED) is 0.151. The van der Waals surface area contributed by atoms with Crippen LogP contribution >= 0.6 is 11.3 Å². The zero-order valence-electron chi connectivity index (χ0n) is 34.0. The van der Waals surface area contributed by atoms with Gasteiger partial charge in [0.2, 0.25) is 0 Å². The Labute approximate surface area is 365 Å². The number of hydrogen-bond donors (Lipinski definition) is 0. The third-order valence-corrected chi connectivity index (χ3v) is 13.6. The number of rotatable bonds is 8. The number of hydrogen-bond acceptors (Lipinski definition) is 3. The fourth-order valence-corrected chi connectivity index (χ4v) is 10.7. The zero-order valence-corrected chi connectivity index (χ0v) is 34.8. The Morgan fingerprint density at radius 1 is 0.403 bits per heavy atom. The molecule has 2 heterocycles. The predicted octanol–water partition coefficient (Wildman–Crippen LogP) is 17.1. The minimum absolute atomic E-state index is 1.000. The summed E-state index contributed by atoms with van der Waals surface area (Å²) in [6.45, 7) is 0. The van der Waals surface area contributed by atoms with E-state index in [0.29, 0.717) is 0 Å². The molecule has 0 fully saturated rings. The van der Waals surface area contributed by atoms with E-state index in [1.54, 1.807) is 0 Å². The van der Waals surface area contributed by atoms with E-state index in [1.807, 2.05) is 11.3 Å². The molecule has 0 aliphatic heterocycles. The molecular weight excluding hydrogens is 771 g/mol. The molecule has 62 heavy (non-hydrogen) atoms. The number of para-hydroxylation sites is 4. The SMILES string of the molecule is C1=CCCC(n2c3ccc(-c4cc(N(c5ccccc5)c5ccccc5)cc(N(c5ccccc5)c5ccccc5)c4)cc3c3cc4c(ccc5c6ccccc6sc45)cc32)=C1. The normalized spacial score (nSPS) is 12.7. The van der Waals surface area contributed by atoms with Crippen LogP contribution in [0.25, 0.3) is 69.6 Å². The van der Waals surface area contributed by atoms with Crippen LogP contribution in [0, 0.1) is 0 Å². The largest absolute Gasteiger partial charge is 0.313 e. The number of aromatic nitrogens is 1. The molecule has 0 spiro atoms. The van der Waals surface area contributed by atoms with Crippen molar-refractivity contribution in [3.05, 3.63) is 224 Å². The first-order valence-corrected chi connectivity index (χ1v) is 22.2. The lowest BCUT2D eigenvalue weighted by Gasteiger charge is -2.30. The molecule has 11 aromatic rings. The Balaban J connectivity index is 1.13. The van der Waals surface area contributed by atoms with E-state index in [-0.39, 0.29) is 0 Å². The molecule has 9 aromatic carbocycles. The molecule has 0 atom stereocenters. The molecule has 0 N–H and O–H groups in total. The summed E-state index contributed by atoms with van der Waals surface area (Å²) in [4.78, 5) is 4.74. The van der Waals surface area contributed by atoms with Crippen molar-refractivity contribution in [3.8, 4) is 11.1 Å². The van der Waals surface area contributed by atoms with Crippen molar-refractivity contribution >= 4 is 104 Å². The van der Waals surface area contributed by atoms with Gasteiger partial charge in [-0.25, -0.2) is 0 Å². The first kappa shape index (κ1) is 36.2. The van der Waals surface area contributed by atoms with Crippen molar-refractivity contribution in [1.82, 2.24) is 4.57 Å². The average molecular weight is 812 g/mol. The molecule has 0 radical (unpaired) electrons. The third-order valence-electron chi connectivity index (χ3n) is 12.3. The zero-order chi connectivity index (χ0) is 41.0. The standard InChI is InChI=1S/C58H41N3S/c1-6-18-43(19-7-1)59(44-20-8-2-9-21-44)48-34-42(35-49(38-48)60(45-22-10-3-11-23-45)46-24-12-4-13-25-46)40-31-33-55-53(36-40)54-39-52-41(37-56(54)61(55)47-26-14-5-15-27-47)30-32-51-50-28-16-17-29-57(50)62-58(51)52/h1-14,16-26,28-39H,15,27H2. The first-order valence-electron chi connectivity index (χ1n) is 21.4. The van der Waals surface area contributed by atoms with Gasteiger partial charge in [-0.3, -0.25) is 0 Å². The van der Waals surface area contributed by atoms with Crippen molar-refractivity contribution in [1.29, 1.82) is 0 Å². The van der Waals surface area contributed by atoms with Crippen molar-refractivity contribution in [3.63, 3.8) is 0 Å². The Kier molecular flexibility index (Phi) is 8.83. The van der Waals surface area contributed by atoms with E-state index in [0.717, 1.165) is 52.5 Å². The van der Waals surface area contributed by atoms with E-state index in [4.69, 9.17) is 0 Å². The minimum Gasteiger partial charge on any atom is -0.313 e. The lowest BCUT2D eigenvalue weighted by molar-refractivity contribution is 0.979. The van der Waals surface area contributed by atoms with E-state index in [2.05, 4.69) is 239 Å². The van der Waals surface area contributed by atoms with E-state index < -0.39 is 0 Å². The van der Waals surface area contributed by atoms with Crippen LogP contribution < -0.4 is 9.80 Å². The van der Waals surface area contributed by atoms with Crippen LogP contribution in [0.15, 0.2) is 224 Å². The molecule has 294 valence electrons. The maximum absolute atomic E-state index is 2.52. The summed E-state index contributed by atoms with van der Waals surface area (Å²) < 4.78 is 5.20. The first-order chi connectivity index (χ1) is 30.7. The second kappa shape index (κ2) is 15.1.